The number of carboxylic acid groups (broad SMARTS) is 1. The lowest BCUT2D eigenvalue weighted by Gasteiger charge is -2.35. The summed E-state index contributed by atoms with van der Waals surface area (Å²) in [7, 11) is 0. The summed E-state index contributed by atoms with van der Waals surface area (Å²) < 4.78 is 0. The Morgan fingerprint density at radius 1 is 0.969 bits per heavy atom. The van der Waals surface area contributed by atoms with Crippen molar-refractivity contribution in [3.8, 4) is 23.7 Å². The molecule has 7 nitrogen and oxygen atoms in total. The van der Waals surface area contributed by atoms with Gasteiger partial charge in [0.1, 0.15) is 6.04 Å². The van der Waals surface area contributed by atoms with Crippen molar-refractivity contribution in [2.24, 2.45) is 0 Å². The predicted octanol–water partition coefficient (Wildman–Crippen LogP) is 2.83. The number of hydrogen-bond acceptors (Lipinski definition) is 4. The topological polar surface area (TPSA) is 102 Å². The monoisotopic (exact) mass is 433 g/mol. The van der Waals surface area contributed by atoms with Gasteiger partial charge >= 0.3 is 6.09 Å². The van der Waals surface area contributed by atoms with Gasteiger partial charge in [-0.15, -0.1) is 0 Å². The molecule has 0 heterocycles. The van der Waals surface area contributed by atoms with Crippen LogP contribution < -0.4 is 10.8 Å². The number of nitrogens with one attached hydrogen (secondary N) is 2. The Labute approximate surface area is 188 Å². The van der Waals surface area contributed by atoms with E-state index in [0.717, 1.165) is 21.6 Å². The van der Waals surface area contributed by atoms with Crippen LogP contribution in [0.2, 0.25) is 0 Å². The number of nitrogens with zero attached hydrogens (tertiary/aromatic N) is 1. The van der Waals surface area contributed by atoms with E-state index >= 15 is 0 Å². The minimum absolute atomic E-state index is 0.116. The first-order valence-electron chi connectivity index (χ1n) is 10.0. The lowest BCUT2D eigenvalue weighted by Crippen LogP contribution is -2.55. The van der Waals surface area contributed by atoms with Crippen LogP contribution in [0.3, 0.4) is 0 Å². The molecule has 32 heavy (non-hydrogen) atoms. The molecule has 2 aromatic carbocycles. The van der Waals surface area contributed by atoms with Crippen LogP contribution in [0.25, 0.3) is 0 Å². The van der Waals surface area contributed by atoms with Gasteiger partial charge in [0.15, 0.2) is 0 Å². The molecule has 0 aliphatic heterocycles. The van der Waals surface area contributed by atoms with Crippen LogP contribution in [0, 0.1) is 23.7 Å². The molecule has 0 fully saturated rings. The van der Waals surface area contributed by atoms with E-state index in [1.807, 2.05) is 54.6 Å². The van der Waals surface area contributed by atoms with Crippen molar-refractivity contribution in [1.29, 1.82) is 0 Å². The number of hydroxylamine groups is 1. The second kappa shape index (κ2) is 11.6. The van der Waals surface area contributed by atoms with Gasteiger partial charge in [-0.2, -0.15) is 0 Å². The molecule has 7 heteroatoms. The lowest BCUT2D eigenvalue weighted by atomic mass is 10.1. The SMILES string of the molecule is CC(C)(C)N(CC(NCc1ccc(C#CC#Cc2ccccc2)cc1)C(=O)NO)C(=O)O. The van der Waals surface area contributed by atoms with Gasteiger partial charge in [-0.3, -0.25) is 10.0 Å². The van der Waals surface area contributed by atoms with Gasteiger partial charge in [0.05, 0.1) is 0 Å². The van der Waals surface area contributed by atoms with Crippen LogP contribution in [-0.2, 0) is 11.3 Å². The van der Waals surface area contributed by atoms with Crippen molar-refractivity contribution in [1.82, 2.24) is 15.7 Å². The van der Waals surface area contributed by atoms with Gasteiger partial charge in [0, 0.05) is 29.8 Å². The number of hydrogen-bond donors (Lipinski definition) is 4. The Hall–Kier alpha value is -3.78. The quantitative estimate of drug-likeness (QED) is 0.319. The van der Waals surface area contributed by atoms with Crippen LogP contribution in [0.15, 0.2) is 54.6 Å². The minimum Gasteiger partial charge on any atom is -0.465 e. The smallest absolute Gasteiger partial charge is 0.407 e. The molecule has 2 rings (SSSR count). The molecular weight excluding hydrogens is 406 g/mol. The molecule has 0 aliphatic rings. The third-order valence-electron chi connectivity index (χ3n) is 4.59. The van der Waals surface area contributed by atoms with E-state index in [2.05, 4.69) is 29.0 Å². The maximum absolute atomic E-state index is 12.0. The zero-order valence-corrected chi connectivity index (χ0v) is 18.3. The molecule has 1 atom stereocenters. The fraction of sp³-hybridized carbons (Fsp3) is 0.280. The molecule has 1 unspecified atom stereocenters. The number of benzene rings is 2. The summed E-state index contributed by atoms with van der Waals surface area (Å²) in [6.07, 6.45) is -1.15. The zero-order valence-electron chi connectivity index (χ0n) is 18.3. The number of rotatable bonds is 6. The van der Waals surface area contributed by atoms with Gasteiger partial charge in [0.25, 0.3) is 5.91 Å². The molecule has 0 spiro atoms. The van der Waals surface area contributed by atoms with E-state index < -0.39 is 23.6 Å². The molecule has 0 aromatic heterocycles. The molecule has 2 amide bonds. The summed E-state index contributed by atoms with van der Waals surface area (Å²) in [4.78, 5) is 24.8. The van der Waals surface area contributed by atoms with E-state index in [-0.39, 0.29) is 6.54 Å². The fourth-order valence-electron chi connectivity index (χ4n) is 2.81. The molecular formula is C25H27N3O4. The summed E-state index contributed by atoms with van der Waals surface area (Å²) >= 11 is 0. The molecule has 0 aliphatic carbocycles. The largest absolute Gasteiger partial charge is 0.465 e. The van der Waals surface area contributed by atoms with E-state index in [9.17, 15) is 14.7 Å². The van der Waals surface area contributed by atoms with Crippen molar-refractivity contribution < 1.29 is 19.9 Å². The minimum atomic E-state index is -1.15. The maximum Gasteiger partial charge on any atom is 0.407 e. The Balaban J connectivity index is 2.01. The van der Waals surface area contributed by atoms with Gasteiger partial charge in [-0.25, -0.2) is 10.3 Å². The summed E-state index contributed by atoms with van der Waals surface area (Å²) in [5.41, 5.74) is 3.46. The third kappa shape index (κ3) is 7.81. The van der Waals surface area contributed by atoms with Crippen molar-refractivity contribution in [2.45, 2.75) is 38.9 Å². The first-order valence-corrected chi connectivity index (χ1v) is 10.0. The predicted molar refractivity (Wildman–Crippen MR) is 122 cm³/mol. The van der Waals surface area contributed by atoms with Crippen LogP contribution >= 0.6 is 0 Å². The Bertz CT molecular complexity index is 1040. The number of carbonyl (C=O) groups is 2. The van der Waals surface area contributed by atoms with E-state index in [1.54, 1.807) is 26.3 Å². The van der Waals surface area contributed by atoms with E-state index in [0.29, 0.717) is 6.54 Å². The van der Waals surface area contributed by atoms with E-state index in [1.165, 1.54) is 0 Å². The molecule has 0 bridgehead atoms. The van der Waals surface area contributed by atoms with Crippen LogP contribution in [-0.4, -0.2) is 45.3 Å². The molecule has 0 saturated carbocycles. The van der Waals surface area contributed by atoms with Crippen LogP contribution in [0.1, 0.15) is 37.5 Å². The normalized spacial score (nSPS) is 11.2. The zero-order chi connectivity index (χ0) is 23.6. The molecule has 2 aromatic rings. The Morgan fingerprint density at radius 2 is 1.53 bits per heavy atom. The number of amides is 2. The third-order valence-corrected chi connectivity index (χ3v) is 4.59. The first-order chi connectivity index (χ1) is 15.2. The molecule has 166 valence electrons. The van der Waals surface area contributed by atoms with Crippen LogP contribution in [0.5, 0.6) is 0 Å². The highest BCUT2D eigenvalue weighted by Gasteiger charge is 2.31. The second-order valence-corrected chi connectivity index (χ2v) is 8.04. The average molecular weight is 434 g/mol. The highest BCUT2D eigenvalue weighted by Crippen LogP contribution is 2.14. The van der Waals surface area contributed by atoms with Crippen LogP contribution in [0.4, 0.5) is 4.79 Å². The lowest BCUT2D eigenvalue weighted by molar-refractivity contribution is -0.132. The van der Waals surface area contributed by atoms with E-state index in [4.69, 9.17) is 5.21 Å². The molecule has 0 radical (unpaired) electrons. The van der Waals surface area contributed by atoms with Gasteiger partial charge in [-0.1, -0.05) is 42.2 Å². The standard InChI is InChI=1S/C25H27N3O4/c1-25(2,3)28(24(30)31)18-22(23(29)27-32)26-17-21-15-13-20(14-16-21)12-8-7-11-19-9-5-4-6-10-19/h4-6,9-10,13-16,22,26,32H,17-18H2,1-3H3,(H,27,29)(H,30,31). The second-order valence-electron chi connectivity index (χ2n) is 8.04. The first kappa shape index (κ1) is 24.5. The highest BCUT2D eigenvalue weighted by molar-refractivity contribution is 5.81. The Kier molecular flexibility index (Phi) is 8.85. The average Bonchev–Trinajstić information content (AvgIpc) is 2.76. The molecule has 0 saturated heterocycles. The van der Waals surface area contributed by atoms with Crippen molar-refractivity contribution in [3.05, 3.63) is 71.3 Å². The van der Waals surface area contributed by atoms with Gasteiger partial charge in [-0.05, 0) is 62.4 Å². The summed E-state index contributed by atoms with van der Waals surface area (Å²) in [6.45, 7) is 5.39. The summed E-state index contributed by atoms with van der Waals surface area (Å²) in [6, 6.07) is 16.1. The summed E-state index contributed by atoms with van der Waals surface area (Å²) in [5.74, 6) is 10.9. The summed E-state index contributed by atoms with van der Waals surface area (Å²) in [5, 5.41) is 21.5. The van der Waals surface area contributed by atoms with Crippen molar-refractivity contribution >= 4 is 12.0 Å². The maximum atomic E-state index is 12.0. The number of carbonyl (C=O) groups excluding carboxylic acids is 1. The highest BCUT2D eigenvalue weighted by atomic mass is 16.5. The van der Waals surface area contributed by atoms with Gasteiger partial charge in [0.2, 0.25) is 0 Å². The van der Waals surface area contributed by atoms with Crippen molar-refractivity contribution in [2.75, 3.05) is 6.54 Å². The van der Waals surface area contributed by atoms with Crippen molar-refractivity contribution in [3.63, 3.8) is 0 Å². The molecule has 4 N–H and O–H groups in total. The Morgan fingerprint density at radius 3 is 2.03 bits per heavy atom. The van der Waals surface area contributed by atoms with Gasteiger partial charge < -0.3 is 15.3 Å². The fourth-order valence-corrected chi connectivity index (χ4v) is 2.81.